The average Bonchev–Trinajstić information content (AvgIpc) is 2.65. The van der Waals surface area contributed by atoms with Crippen molar-refractivity contribution in [1.29, 1.82) is 0 Å². The summed E-state index contributed by atoms with van der Waals surface area (Å²) in [6.07, 6.45) is 1.22. The van der Waals surface area contributed by atoms with E-state index in [2.05, 4.69) is 0 Å². The van der Waals surface area contributed by atoms with Crippen molar-refractivity contribution < 1.29 is 30.2 Å². The summed E-state index contributed by atoms with van der Waals surface area (Å²) in [6, 6.07) is 7.13. The second kappa shape index (κ2) is 5.61. The second-order valence-corrected chi connectivity index (χ2v) is 5.98. The summed E-state index contributed by atoms with van der Waals surface area (Å²) < 4.78 is 39.7. The van der Waals surface area contributed by atoms with Crippen molar-refractivity contribution in [3.63, 3.8) is 0 Å². The molecule has 1 heterocycles. The largest absolute Gasteiger partial charge is 1.00 e. The van der Waals surface area contributed by atoms with Gasteiger partial charge < -0.3 is 17.0 Å². The molecule has 0 fully saturated rings. The Hall–Kier alpha value is -0.550. The van der Waals surface area contributed by atoms with E-state index in [0.717, 1.165) is 17.4 Å². The van der Waals surface area contributed by atoms with Crippen LogP contribution >= 0.6 is 10.5 Å². The van der Waals surface area contributed by atoms with Gasteiger partial charge in [0.05, 0.1) is 10.5 Å². The zero-order valence-corrected chi connectivity index (χ0v) is 12.5. The van der Waals surface area contributed by atoms with Gasteiger partial charge in [-0.3, -0.25) is 0 Å². The predicted octanol–water partition coefficient (Wildman–Crippen LogP) is 2.19. The van der Waals surface area contributed by atoms with E-state index in [4.69, 9.17) is 0 Å². The Morgan fingerprint density at radius 3 is 2.22 bits per heavy atom. The molecule has 0 saturated carbocycles. The van der Waals surface area contributed by atoms with Crippen molar-refractivity contribution in [3.8, 4) is 0 Å². The van der Waals surface area contributed by atoms with Gasteiger partial charge in [0, 0.05) is 23.9 Å². The van der Waals surface area contributed by atoms with E-state index in [1.165, 1.54) is 0 Å². The van der Waals surface area contributed by atoms with E-state index in [9.17, 15) is 13.2 Å². The number of halogens is 4. The van der Waals surface area contributed by atoms with Crippen molar-refractivity contribution in [3.05, 3.63) is 34.7 Å². The summed E-state index contributed by atoms with van der Waals surface area (Å²) in [4.78, 5) is 0.501. The van der Waals surface area contributed by atoms with E-state index in [1.807, 2.05) is 19.1 Å². The van der Waals surface area contributed by atoms with Gasteiger partial charge in [0.15, 0.2) is 9.58 Å². The van der Waals surface area contributed by atoms with E-state index in [0.29, 0.717) is 16.0 Å². The van der Waals surface area contributed by atoms with Crippen LogP contribution in [0, 0.1) is 0 Å². The van der Waals surface area contributed by atoms with Gasteiger partial charge in [0.1, 0.15) is 0 Å². The number of hydrogen-bond donors (Lipinski definition) is 0. The normalized spacial score (nSPS) is 12.6. The molecule has 2 rings (SSSR count). The fraction of sp³-hybridized carbons (Fsp3) is 0.385. The summed E-state index contributed by atoms with van der Waals surface area (Å²) in [6.45, 7) is 3.74. The minimum atomic E-state index is -4.15. The van der Waals surface area contributed by atoms with E-state index >= 15 is 0 Å². The third kappa shape index (κ3) is 2.72. The zero-order chi connectivity index (χ0) is 12.6. The van der Waals surface area contributed by atoms with Crippen LogP contribution in [0.4, 0.5) is 13.2 Å². The van der Waals surface area contributed by atoms with Crippen LogP contribution in [0.3, 0.4) is 0 Å². The molecule has 0 radical (unpaired) electrons. The molecule has 5 heteroatoms. The molecule has 0 bridgehead atoms. The topological polar surface area (TPSA) is 0 Å². The number of benzene rings is 1. The van der Waals surface area contributed by atoms with Gasteiger partial charge in [-0.05, 0) is 18.1 Å². The smallest absolute Gasteiger partial charge is 0.600 e. The average molecular weight is 339 g/mol. The lowest BCUT2D eigenvalue weighted by atomic mass is 10.1. The summed E-state index contributed by atoms with van der Waals surface area (Å²) in [5.41, 5.74) is -3.18. The first-order valence-electron chi connectivity index (χ1n) is 5.62. The SMILES string of the molecule is CCc1ccc2cc(CC)[s+](C(F)(F)F)c2c1.[Br-]. The molecule has 1 aromatic carbocycles. The lowest BCUT2D eigenvalue weighted by Gasteiger charge is -1.99. The number of rotatable bonds is 2. The highest BCUT2D eigenvalue weighted by Crippen LogP contribution is 2.51. The number of aryl methyl sites for hydroxylation is 2. The highest BCUT2D eigenvalue weighted by molar-refractivity contribution is 7.38. The van der Waals surface area contributed by atoms with Crippen molar-refractivity contribution >= 4 is 20.6 Å². The van der Waals surface area contributed by atoms with E-state index < -0.39 is 16.0 Å². The molecule has 0 nitrogen and oxygen atoms in total. The summed E-state index contributed by atoms with van der Waals surface area (Å²) in [5.74, 6) is 0. The Bertz CT molecular complexity index is 543. The molecular weight excluding hydrogens is 325 g/mol. The van der Waals surface area contributed by atoms with Gasteiger partial charge >= 0.3 is 5.51 Å². The van der Waals surface area contributed by atoms with Crippen LogP contribution in [0.2, 0.25) is 0 Å². The van der Waals surface area contributed by atoms with Crippen LogP contribution in [-0.4, -0.2) is 0 Å². The van der Waals surface area contributed by atoms with Crippen LogP contribution in [0.25, 0.3) is 10.1 Å². The van der Waals surface area contributed by atoms with Crippen LogP contribution in [0.5, 0.6) is 0 Å². The fourth-order valence-corrected chi connectivity index (χ4v) is 3.98. The Kier molecular flexibility index (Phi) is 4.84. The highest BCUT2D eigenvalue weighted by Gasteiger charge is 2.47. The monoisotopic (exact) mass is 338 g/mol. The highest BCUT2D eigenvalue weighted by atomic mass is 79.9. The van der Waals surface area contributed by atoms with E-state index in [-0.39, 0.29) is 17.0 Å². The lowest BCUT2D eigenvalue weighted by Crippen LogP contribution is -3.00. The molecule has 100 valence electrons. The maximum absolute atomic E-state index is 13.1. The molecule has 1 aromatic heterocycles. The maximum atomic E-state index is 13.1. The molecule has 1 atom stereocenters. The predicted molar refractivity (Wildman–Crippen MR) is 66.5 cm³/mol. The standard InChI is InChI=1S/C13H14F3S.BrH/c1-3-9-5-6-10-8-11(4-2)17(12(10)7-9)13(14,15)16;/h5-8H,3-4H2,1-2H3;1H/q+1;/p-1. The molecule has 0 aliphatic carbocycles. The fourth-order valence-electron chi connectivity index (χ4n) is 1.99. The summed E-state index contributed by atoms with van der Waals surface area (Å²) >= 11 is 0. The van der Waals surface area contributed by atoms with Gasteiger partial charge in [-0.15, -0.1) is 13.2 Å². The number of alkyl halides is 3. The third-order valence-corrected chi connectivity index (χ3v) is 5.05. The van der Waals surface area contributed by atoms with E-state index in [1.54, 1.807) is 19.1 Å². The molecule has 0 N–H and O–H groups in total. The minimum absolute atomic E-state index is 0. The van der Waals surface area contributed by atoms with Gasteiger partial charge in [-0.1, -0.05) is 19.9 Å². The van der Waals surface area contributed by atoms with Gasteiger partial charge in [-0.25, -0.2) is 0 Å². The zero-order valence-electron chi connectivity index (χ0n) is 10.1. The summed E-state index contributed by atoms with van der Waals surface area (Å²) in [7, 11) is -1.71. The van der Waals surface area contributed by atoms with Gasteiger partial charge in [0.25, 0.3) is 0 Å². The maximum Gasteiger partial charge on any atom is 0.600 e. The molecule has 0 aliphatic rings. The Labute approximate surface area is 118 Å². The quantitative estimate of drug-likeness (QED) is 0.736. The van der Waals surface area contributed by atoms with Crippen molar-refractivity contribution in [2.24, 2.45) is 0 Å². The molecule has 1 unspecified atom stereocenters. The van der Waals surface area contributed by atoms with Crippen molar-refractivity contribution in [2.45, 2.75) is 32.2 Å². The first-order chi connectivity index (χ1) is 7.97. The molecule has 2 aromatic rings. The van der Waals surface area contributed by atoms with Gasteiger partial charge in [0.2, 0.25) is 0 Å². The molecular formula is C13H14BrF3S. The third-order valence-electron chi connectivity index (χ3n) is 2.86. The first kappa shape index (κ1) is 15.5. The van der Waals surface area contributed by atoms with Crippen LogP contribution < -0.4 is 17.0 Å². The van der Waals surface area contributed by atoms with Crippen molar-refractivity contribution in [1.82, 2.24) is 0 Å². The van der Waals surface area contributed by atoms with Crippen LogP contribution in [0.15, 0.2) is 24.3 Å². The minimum Gasteiger partial charge on any atom is -1.00 e. The Morgan fingerprint density at radius 2 is 1.72 bits per heavy atom. The molecule has 18 heavy (non-hydrogen) atoms. The molecule has 0 amide bonds. The molecule has 0 aliphatic heterocycles. The molecule has 0 saturated heterocycles. The lowest BCUT2D eigenvalue weighted by molar-refractivity contribution is -0.0867. The van der Waals surface area contributed by atoms with Crippen molar-refractivity contribution in [2.75, 3.05) is 0 Å². The Morgan fingerprint density at radius 1 is 1.06 bits per heavy atom. The summed E-state index contributed by atoms with van der Waals surface area (Å²) in [5, 5.41) is 0.736. The van der Waals surface area contributed by atoms with Gasteiger partial charge in [-0.2, -0.15) is 0 Å². The number of fused-ring (bicyclic) bond motifs is 1. The number of hydrogen-bond acceptors (Lipinski definition) is 0. The van der Waals surface area contributed by atoms with Crippen LogP contribution in [-0.2, 0) is 18.3 Å². The Balaban J connectivity index is 0.00000162. The molecule has 0 spiro atoms. The second-order valence-electron chi connectivity index (χ2n) is 3.94. The first-order valence-corrected chi connectivity index (χ1v) is 6.84. The number of thiophene rings is 1. The van der Waals surface area contributed by atoms with Crippen LogP contribution in [0.1, 0.15) is 24.3 Å².